The Hall–Kier alpha value is -1.12. The van der Waals surface area contributed by atoms with Gasteiger partial charge < -0.3 is 4.74 Å². The summed E-state index contributed by atoms with van der Waals surface area (Å²) in [5.41, 5.74) is 1.54. The summed E-state index contributed by atoms with van der Waals surface area (Å²) in [4.78, 5) is 15.3. The molecule has 0 saturated carbocycles. The van der Waals surface area contributed by atoms with Gasteiger partial charge in [0, 0.05) is 11.3 Å². The highest BCUT2D eigenvalue weighted by atomic mass is 16.5. The van der Waals surface area contributed by atoms with Crippen LogP contribution >= 0.6 is 0 Å². The molecule has 0 fully saturated rings. The number of hydrogen-bond acceptors (Lipinski definition) is 3. The Bertz CT molecular complexity index is 254. The lowest BCUT2D eigenvalue weighted by atomic mass is 10.1. The van der Waals surface area contributed by atoms with Crippen LogP contribution in [0, 0.1) is 5.92 Å². The first kappa shape index (κ1) is 13.9. The average molecular weight is 211 g/mol. The molecule has 3 heteroatoms. The van der Waals surface area contributed by atoms with Gasteiger partial charge in [-0.25, -0.2) is 4.79 Å². The number of hydrogen-bond donors (Lipinski definition) is 0. The summed E-state index contributed by atoms with van der Waals surface area (Å²) in [6, 6.07) is 0. The SMILES string of the molecule is C=C(C)C(=O)OCCN=C(C)CC(C)C. The lowest BCUT2D eigenvalue weighted by Gasteiger charge is -2.05. The molecule has 0 aliphatic rings. The van der Waals surface area contributed by atoms with Gasteiger partial charge in [0.05, 0.1) is 6.54 Å². The Kier molecular flexibility index (Phi) is 6.67. The summed E-state index contributed by atoms with van der Waals surface area (Å²) in [6.07, 6.45) is 0.994. The molecule has 0 radical (unpaired) electrons. The molecule has 0 aliphatic carbocycles. The molecule has 0 heterocycles. The molecule has 0 aromatic rings. The van der Waals surface area contributed by atoms with Crippen molar-refractivity contribution in [3.8, 4) is 0 Å². The van der Waals surface area contributed by atoms with Gasteiger partial charge in [-0.15, -0.1) is 0 Å². The molecule has 86 valence electrons. The van der Waals surface area contributed by atoms with Crippen LogP contribution in [0.1, 0.15) is 34.1 Å². The van der Waals surface area contributed by atoms with Crippen molar-refractivity contribution in [2.24, 2.45) is 10.9 Å². The fraction of sp³-hybridized carbons (Fsp3) is 0.667. The van der Waals surface area contributed by atoms with E-state index < -0.39 is 0 Å². The van der Waals surface area contributed by atoms with Crippen molar-refractivity contribution in [1.29, 1.82) is 0 Å². The third-order valence-electron chi connectivity index (χ3n) is 1.76. The first-order valence-electron chi connectivity index (χ1n) is 5.26. The second-order valence-corrected chi connectivity index (χ2v) is 4.13. The smallest absolute Gasteiger partial charge is 0.333 e. The summed E-state index contributed by atoms with van der Waals surface area (Å²) in [7, 11) is 0. The first-order valence-corrected chi connectivity index (χ1v) is 5.26. The average Bonchev–Trinajstić information content (AvgIpc) is 2.10. The number of esters is 1. The Morgan fingerprint density at radius 1 is 1.40 bits per heavy atom. The molecule has 0 aliphatic heterocycles. The van der Waals surface area contributed by atoms with E-state index in [1.165, 1.54) is 0 Å². The van der Waals surface area contributed by atoms with Crippen molar-refractivity contribution >= 4 is 11.7 Å². The third-order valence-corrected chi connectivity index (χ3v) is 1.76. The van der Waals surface area contributed by atoms with E-state index in [0.717, 1.165) is 12.1 Å². The zero-order chi connectivity index (χ0) is 11.8. The minimum absolute atomic E-state index is 0.334. The van der Waals surface area contributed by atoms with Crippen LogP contribution in [0.3, 0.4) is 0 Å². The molecule has 0 unspecified atom stereocenters. The second-order valence-electron chi connectivity index (χ2n) is 4.13. The maximum Gasteiger partial charge on any atom is 0.333 e. The highest BCUT2D eigenvalue weighted by Gasteiger charge is 2.01. The first-order chi connectivity index (χ1) is 6.93. The van der Waals surface area contributed by atoms with Crippen LogP contribution in [0.25, 0.3) is 0 Å². The van der Waals surface area contributed by atoms with E-state index in [0.29, 0.717) is 24.6 Å². The maximum atomic E-state index is 11.0. The number of rotatable bonds is 6. The Labute approximate surface area is 92.2 Å². The number of nitrogens with zero attached hydrogens (tertiary/aromatic N) is 1. The third kappa shape index (κ3) is 7.91. The second kappa shape index (κ2) is 7.21. The summed E-state index contributed by atoms with van der Waals surface area (Å²) in [6.45, 7) is 12.3. The van der Waals surface area contributed by atoms with Gasteiger partial charge in [0.15, 0.2) is 0 Å². The van der Waals surface area contributed by atoms with Gasteiger partial charge in [-0.1, -0.05) is 20.4 Å². The molecule has 0 N–H and O–H groups in total. The molecule has 0 spiro atoms. The molecular formula is C12H21NO2. The zero-order valence-corrected chi connectivity index (χ0v) is 10.2. The van der Waals surface area contributed by atoms with Gasteiger partial charge in [0.1, 0.15) is 6.61 Å². The molecule has 0 amide bonds. The van der Waals surface area contributed by atoms with Crippen LogP contribution in [-0.4, -0.2) is 24.8 Å². The van der Waals surface area contributed by atoms with Crippen LogP contribution in [0.15, 0.2) is 17.1 Å². The van der Waals surface area contributed by atoms with E-state index in [2.05, 4.69) is 25.4 Å². The normalized spacial score (nSPS) is 11.7. The van der Waals surface area contributed by atoms with Gasteiger partial charge in [-0.2, -0.15) is 0 Å². The van der Waals surface area contributed by atoms with E-state index in [4.69, 9.17) is 4.74 Å². The monoisotopic (exact) mass is 211 g/mol. The molecule has 0 rings (SSSR count). The van der Waals surface area contributed by atoms with Crippen molar-refractivity contribution in [1.82, 2.24) is 0 Å². The molecule has 0 aromatic heterocycles. The molecular weight excluding hydrogens is 190 g/mol. The highest BCUT2D eigenvalue weighted by Crippen LogP contribution is 2.01. The standard InChI is InChI=1S/C12H21NO2/c1-9(2)8-11(5)13-6-7-15-12(14)10(3)4/h9H,3,6-8H2,1-2,4-5H3. The number of aliphatic imine (C=N–C) groups is 1. The predicted molar refractivity (Wildman–Crippen MR) is 63.2 cm³/mol. The molecule has 3 nitrogen and oxygen atoms in total. The van der Waals surface area contributed by atoms with Gasteiger partial charge in [-0.3, -0.25) is 4.99 Å². The van der Waals surface area contributed by atoms with E-state index in [1.807, 2.05) is 6.92 Å². The van der Waals surface area contributed by atoms with Crippen LogP contribution < -0.4 is 0 Å². The zero-order valence-electron chi connectivity index (χ0n) is 10.2. The van der Waals surface area contributed by atoms with Crippen LogP contribution in [-0.2, 0) is 9.53 Å². The summed E-state index contributed by atoms with van der Waals surface area (Å²) >= 11 is 0. The summed E-state index contributed by atoms with van der Waals surface area (Å²) in [5, 5.41) is 0. The summed E-state index contributed by atoms with van der Waals surface area (Å²) in [5.74, 6) is 0.276. The topological polar surface area (TPSA) is 38.7 Å². The fourth-order valence-electron chi connectivity index (χ4n) is 1.15. The van der Waals surface area contributed by atoms with Gasteiger partial charge >= 0.3 is 5.97 Å². The van der Waals surface area contributed by atoms with Crippen molar-refractivity contribution in [2.45, 2.75) is 34.1 Å². The van der Waals surface area contributed by atoms with Gasteiger partial charge in [0.2, 0.25) is 0 Å². The Morgan fingerprint density at radius 2 is 2.00 bits per heavy atom. The maximum absolute atomic E-state index is 11.0. The van der Waals surface area contributed by atoms with Crippen LogP contribution in [0.5, 0.6) is 0 Å². The number of carbonyl (C=O) groups is 1. The van der Waals surface area contributed by atoms with E-state index in [9.17, 15) is 4.79 Å². The van der Waals surface area contributed by atoms with Crippen molar-refractivity contribution in [2.75, 3.05) is 13.2 Å². The summed E-state index contributed by atoms with van der Waals surface area (Å²) < 4.78 is 4.91. The molecule has 0 aromatic carbocycles. The highest BCUT2D eigenvalue weighted by molar-refractivity contribution is 5.87. The minimum atomic E-state index is -0.341. The lowest BCUT2D eigenvalue weighted by Crippen LogP contribution is -2.09. The van der Waals surface area contributed by atoms with Gasteiger partial charge in [-0.05, 0) is 26.2 Å². The Morgan fingerprint density at radius 3 is 2.47 bits per heavy atom. The lowest BCUT2D eigenvalue weighted by molar-refractivity contribution is -0.138. The van der Waals surface area contributed by atoms with E-state index in [1.54, 1.807) is 6.92 Å². The van der Waals surface area contributed by atoms with E-state index in [-0.39, 0.29) is 5.97 Å². The van der Waals surface area contributed by atoms with Crippen LogP contribution in [0.4, 0.5) is 0 Å². The van der Waals surface area contributed by atoms with E-state index >= 15 is 0 Å². The predicted octanol–water partition coefficient (Wildman–Crippen LogP) is 2.61. The number of carbonyl (C=O) groups excluding carboxylic acids is 1. The Balaban J connectivity index is 3.69. The van der Waals surface area contributed by atoms with Crippen molar-refractivity contribution in [3.63, 3.8) is 0 Å². The molecule has 0 saturated heterocycles. The molecule has 15 heavy (non-hydrogen) atoms. The molecule has 0 atom stereocenters. The quantitative estimate of drug-likeness (QED) is 0.293. The van der Waals surface area contributed by atoms with Gasteiger partial charge in [0.25, 0.3) is 0 Å². The largest absolute Gasteiger partial charge is 0.460 e. The fourth-order valence-corrected chi connectivity index (χ4v) is 1.15. The number of ether oxygens (including phenoxy) is 1. The van der Waals surface area contributed by atoms with Crippen molar-refractivity contribution < 1.29 is 9.53 Å². The van der Waals surface area contributed by atoms with Crippen LogP contribution in [0.2, 0.25) is 0 Å². The molecule has 0 bridgehead atoms. The van der Waals surface area contributed by atoms with Crippen molar-refractivity contribution in [3.05, 3.63) is 12.2 Å². The minimum Gasteiger partial charge on any atom is -0.460 e.